The largest absolute Gasteiger partial charge is 0.490 e. The van der Waals surface area contributed by atoms with Gasteiger partial charge in [-0.25, -0.2) is 0 Å². The molecule has 1 aromatic heterocycles. The number of hydrogen-bond donors (Lipinski definition) is 0. The normalized spacial score (nSPS) is 20.6. The van der Waals surface area contributed by atoms with Gasteiger partial charge in [0.2, 0.25) is 0 Å². The van der Waals surface area contributed by atoms with Gasteiger partial charge in [-0.1, -0.05) is 0 Å². The van der Waals surface area contributed by atoms with Crippen molar-refractivity contribution in [3.63, 3.8) is 0 Å². The fourth-order valence-corrected chi connectivity index (χ4v) is 1.61. The summed E-state index contributed by atoms with van der Waals surface area (Å²) in [6.07, 6.45) is 6.70. The van der Waals surface area contributed by atoms with Gasteiger partial charge in [-0.3, -0.25) is 4.98 Å². The Morgan fingerprint density at radius 3 is 3.12 bits per heavy atom. The molecule has 2 rings (SSSR count). The van der Waals surface area contributed by atoms with Gasteiger partial charge in [0.1, 0.15) is 12.4 Å². The van der Waals surface area contributed by atoms with Crippen molar-refractivity contribution < 1.29 is 14.2 Å². The molecule has 1 fully saturated rings. The van der Waals surface area contributed by atoms with Crippen LogP contribution in [0.4, 0.5) is 0 Å². The lowest BCUT2D eigenvalue weighted by Crippen LogP contribution is -2.24. The molecular weight excluding hydrogens is 206 g/mol. The molecule has 0 radical (unpaired) electrons. The highest BCUT2D eigenvalue weighted by atomic mass is 16.7. The zero-order valence-electron chi connectivity index (χ0n) is 9.30. The Balaban J connectivity index is 1.58. The van der Waals surface area contributed by atoms with Gasteiger partial charge in [0.25, 0.3) is 0 Å². The van der Waals surface area contributed by atoms with Crippen LogP contribution in [0.3, 0.4) is 0 Å². The lowest BCUT2D eigenvalue weighted by molar-refractivity contribution is -0.165. The van der Waals surface area contributed by atoms with Crippen LogP contribution in [-0.4, -0.2) is 31.1 Å². The molecule has 0 spiro atoms. The standard InChI is InChI=1S/C12H17NO3/c1-2-7-15-12(5-1)16-9-8-14-11-4-3-6-13-10-11/h3-4,6,10,12H,1-2,5,7-9H2. The average molecular weight is 223 g/mol. The summed E-state index contributed by atoms with van der Waals surface area (Å²) in [4.78, 5) is 3.96. The summed E-state index contributed by atoms with van der Waals surface area (Å²) >= 11 is 0. The predicted molar refractivity (Wildman–Crippen MR) is 59.3 cm³/mol. The van der Waals surface area contributed by atoms with E-state index in [2.05, 4.69) is 4.98 Å². The third-order valence-electron chi connectivity index (χ3n) is 2.43. The molecule has 4 heteroatoms. The smallest absolute Gasteiger partial charge is 0.157 e. The molecule has 0 saturated carbocycles. The van der Waals surface area contributed by atoms with Crippen molar-refractivity contribution in [1.82, 2.24) is 4.98 Å². The maximum Gasteiger partial charge on any atom is 0.157 e. The van der Waals surface area contributed by atoms with Crippen LogP contribution in [-0.2, 0) is 9.47 Å². The summed E-state index contributed by atoms with van der Waals surface area (Å²) in [6.45, 7) is 1.90. The number of aromatic nitrogens is 1. The van der Waals surface area contributed by atoms with Crippen molar-refractivity contribution in [2.75, 3.05) is 19.8 Å². The highest BCUT2D eigenvalue weighted by Crippen LogP contribution is 2.13. The van der Waals surface area contributed by atoms with Crippen LogP contribution in [0, 0.1) is 0 Å². The molecule has 0 bridgehead atoms. The van der Waals surface area contributed by atoms with Gasteiger partial charge in [0, 0.05) is 12.8 Å². The first-order valence-electron chi connectivity index (χ1n) is 5.71. The van der Waals surface area contributed by atoms with Crippen LogP contribution in [0.2, 0.25) is 0 Å². The second kappa shape index (κ2) is 6.45. The first-order chi connectivity index (χ1) is 7.95. The van der Waals surface area contributed by atoms with Crippen LogP contribution >= 0.6 is 0 Å². The monoisotopic (exact) mass is 223 g/mol. The molecule has 0 aromatic carbocycles. The maximum atomic E-state index is 5.54. The van der Waals surface area contributed by atoms with Gasteiger partial charge >= 0.3 is 0 Å². The van der Waals surface area contributed by atoms with Gasteiger partial charge < -0.3 is 14.2 Å². The SMILES string of the molecule is c1cncc(OCCOC2CCCCO2)c1. The van der Waals surface area contributed by atoms with Crippen molar-refractivity contribution in [3.8, 4) is 5.75 Å². The molecule has 4 nitrogen and oxygen atoms in total. The quantitative estimate of drug-likeness (QED) is 0.716. The molecule has 1 unspecified atom stereocenters. The fourth-order valence-electron chi connectivity index (χ4n) is 1.61. The van der Waals surface area contributed by atoms with E-state index in [4.69, 9.17) is 14.2 Å². The summed E-state index contributed by atoms with van der Waals surface area (Å²) < 4.78 is 16.4. The Morgan fingerprint density at radius 1 is 1.38 bits per heavy atom. The second-order valence-electron chi connectivity index (χ2n) is 3.70. The first kappa shape index (κ1) is 11.4. The number of nitrogens with zero attached hydrogens (tertiary/aromatic N) is 1. The molecule has 1 aliphatic rings. The zero-order valence-corrected chi connectivity index (χ0v) is 9.30. The summed E-state index contributed by atoms with van der Waals surface area (Å²) in [5.41, 5.74) is 0. The average Bonchev–Trinajstić information content (AvgIpc) is 2.37. The van der Waals surface area contributed by atoms with Gasteiger partial charge in [-0.05, 0) is 31.4 Å². The van der Waals surface area contributed by atoms with Crippen LogP contribution in [0.25, 0.3) is 0 Å². The Bertz CT molecular complexity index is 286. The van der Waals surface area contributed by atoms with E-state index in [-0.39, 0.29) is 6.29 Å². The Hall–Kier alpha value is -1.13. The molecule has 88 valence electrons. The molecular formula is C12H17NO3. The highest BCUT2D eigenvalue weighted by Gasteiger charge is 2.13. The van der Waals surface area contributed by atoms with Gasteiger partial charge in [0.15, 0.2) is 6.29 Å². The van der Waals surface area contributed by atoms with Crippen LogP contribution in [0.15, 0.2) is 24.5 Å². The van der Waals surface area contributed by atoms with E-state index in [1.807, 2.05) is 12.1 Å². The molecule has 1 saturated heterocycles. The van der Waals surface area contributed by atoms with Crippen molar-refractivity contribution in [2.45, 2.75) is 25.6 Å². The van der Waals surface area contributed by atoms with Gasteiger partial charge in [-0.15, -0.1) is 0 Å². The minimum atomic E-state index is -0.0359. The minimum Gasteiger partial charge on any atom is -0.490 e. The Kier molecular flexibility index (Phi) is 4.58. The molecule has 0 N–H and O–H groups in total. The lowest BCUT2D eigenvalue weighted by Gasteiger charge is -2.22. The zero-order chi connectivity index (χ0) is 11.1. The van der Waals surface area contributed by atoms with Crippen LogP contribution < -0.4 is 4.74 Å². The predicted octanol–water partition coefficient (Wildman–Crippen LogP) is 2.00. The summed E-state index contributed by atoms with van der Waals surface area (Å²) in [5.74, 6) is 0.774. The van der Waals surface area contributed by atoms with E-state index in [0.29, 0.717) is 13.2 Å². The number of pyridine rings is 1. The van der Waals surface area contributed by atoms with Crippen LogP contribution in [0.1, 0.15) is 19.3 Å². The third-order valence-corrected chi connectivity index (χ3v) is 2.43. The number of ether oxygens (including phenoxy) is 3. The van der Waals surface area contributed by atoms with E-state index < -0.39 is 0 Å². The lowest BCUT2D eigenvalue weighted by atomic mass is 10.2. The van der Waals surface area contributed by atoms with E-state index in [9.17, 15) is 0 Å². The fraction of sp³-hybridized carbons (Fsp3) is 0.583. The third kappa shape index (κ3) is 3.79. The van der Waals surface area contributed by atoms with Crippen molar-refractivity contribution in [3.05, 3.63) is 24.5 Å². The van der Waals surface area contributed by atoms with Crippen molar-refractivity contribution in [1.29, 1.82) is 0 Å². The van der Waals surface area contributed by atoms with Crippen LogP contribution in [0.5, 0.6) is 5.75 Å². The molecule has 2 heterocycles. The van der Waals surface area contributed by atoms with Crippen molar-refractivity contribution in [2.24, 2.45) is 0 Å². The molecule has 1 aliphatic heterocycles. The molecule has 16 heavy (non-hydrogen) atoms. The minimum absolute atomic E-state index is 0.0359. The van der Waals surface area contributed by atoms with E-state index in [1.165, 1.54) is 6.42 Å². The summed E-state index contributed by atoms with van der Waals surface area (Å²) in [5, 5.41) is 0. The molecule has 0 aliphatic carbocycles. The second-order valence-corrected chi connectivity index (χ2v) is 3.70. The van der Waals surface area contributed by atoms with Gasteiger partial charge in [-0.2, -0.15) is 0 Å². The van der Waals surface area contributed by atoms with E-state index in [1.54, 1.807) is 12.4 Å². The Morgan fingerprint density at radius 2 is 2.38 bits per heavy atom. The van der Waals surface area contributed by atoms with Crippen molar-refractivity contribution >= 4 is 0 Å². The molecule has 1 aromatic rings. The van der Waals surface area contributed by atoms with Gasteiger partial charge in [0.05, 0.1) is 12.8 Å². The van der Waals surface area contributed by atoms with E-state index >= 15 is 0 Å². The highest BCUT2D eigenvalue weighted by molar-refractivity contribution is 5.15. The topological polar surface area (TPSA) is 40.6 Å². The summed E-state index contributed by atoms with van der Waals surface area (Å²) in [6, 6.07) is 3.73. The summed E-state index contributed by atoms with van der Waals surface area (Å²) in [7, 11) is 0. The maximum absolute atomic E-state index is 5.54. The Labute approximate surface area is 95.5 Å². The molecule has 0 amide bonds. The van der Waals surface area contributed by atoms with E-state index in [0.717, 1.165) is 25.2 Å². The number of hydrogen-bond acceptors (Lipinski definition) is 4. The number of rotatable bonds is 5. The first-order valence-corrected chi connectivity index (χ1v) is 5.71. The molecule has 1 atom stereocenters.